The first kappa shape index (κ1) is 26.9. The van der Waals surface area contributed by atoms with E-state index in [0.29, 0.717) is 12.1 Å². The number of carbonyl (C=O) groups excluding carboxylic acids is 1. The van der Waals surface area contributed by atoms with Crippen molar-refractivity contribution >= 4 is 5.91 Å². The second-order valence-electron chi connectivity index (χ2n) is 9.26. The molecule has 2 aromatic rings. The summed E-state index contributed by atoms with van der Waals surface area (Å²) in [7, 11) is 1.94. The van der Waals surface area contributed by atoms with Crippen molar-refractivity contribution in [2.75, 3.05) is 6.61 Å². The van der Waals surface area contributed by atoms with Crippen LogP contribution in [0.1, 0.15) is 105 Å². The molecule has 4 nitrogen and oxygen atoms in total. The maximum Gasteiger partial charge on any atom is 0.252 e. The Bertz CT molecular complexity index is 802. The fourth-order valence-electron chi connectivity index (χ4n) is 4.02. The van der Waals surface area contributed by atoms with Gasteiger partial charge in [0.25, 0.3) is 5.91 Å². The lowest BCUT2D eigenvalue weighted by Gasteiger charge is -2.11. The molecule has 0 unspecified atom stereocenters. The van der Waals surface area contributed by atoms with Crippen molar-refractivity contribution in [3.8, 4) is 5.75 Å². The molecule has 1 N–H and O–H groups in total. The summed E-state index contributed by atoms with van der Waals surface area (Å²) in [5.74, 6) is 0.864. The number of nitrogens with zero attached hydrogens (tertiary/aromatic N) is 1. The van der Waals surface area contributed by atoms with Gasteiger partial charge in [-0.15, -0.1) is 0 Å². The lowest BCUT2D eigenvalue weighted by Crippen LogP contribution is -2.28. The van der Waals surface area contributed by atoms with Crippen LogP contribution in [0.15, 0.2) is 42.7 Å². The molecular formula is C29H45N2O2+. The van der Waals surface area contributed by atoms with E-state index in [-0.39, 0.29) is 5.91 Å². The summed E-state index contributed by atoms with van der Waals surface area (Å²) in [4.78, 5) is 12.3. The van der Waals surface area contributed by atoms with Gasteiger partial charge in [-0.2, -0.15) is 0 Å². The number of rotatable bonds is 17. The molecule has 1 aromatic heterocycles. The number of nitrogens with one attached hydrogen (secondary N) is 1. The number of aryl methyl sites for hydroxylation is 2. The van der Waals surface area contributed by atoms with E-state index in [0.717, 1.165) is 29.9 Å². The van der Waals surface area contributed by atoms with Gasteiger partial charge in [0.2, 0.25) is 0 Å². The molecule has 0 atom stereocenters. The largest absolute Gasteiger partial charge is 0.494 e. The van der Waals surface area contributed by atoms with Crippen LogP contribution in [0.25, 0.3) is 0 Å². The third kappa shape index (κ3) is 11.4. The molecule has 0 fully saturated rings. The van der Waals surface area contributed by atoms with Crippen molar-refractivity contribution in [1.82, 2.24) is 5.32 Å². The third-order valence-corrected chi connectivity index (χ3v) is 6.26. The Hall–Kier alpha value is -2.36. The molecule has 0 bridgehead atoms. The maximum absolute atomic E-state index is 12.3. The van der Waals surface area contributed by atoms with Crippen molar-refractivity contribution < 1.29 is 14.1 Å². The van der Waals surface area contributed by atoms with Crippen LogP contribution in [0.4, 0.5) is 0 Å². The van der Waals surface area contributed by atoms with Crippen LogP contribution in [-0.2, 0) is 13.6 Å². The number of carbonyl (C=O) groups is 1. The number of ether oxygens (including phenoxy) is 1. The lowest BCUT2D eigenvalue weighted by molar-refractivity contribution is -0.671. The molecular weight excluding hydrogens is 408 g/mol. The first-order valence-corrected chi connectivity index (χ1v) is 13.1. The summed E-state index contributed by atoms with van der Waals surface area (Å²) < 4.78 is 7.86. The van der Waals surface area contributed by atoms with Crippen LogP contribution < -0.4 is 14.6 Å². The SMILES string of the molecule is CCCCCCCCCCCCCCOc1ccc(CNC(=O)c2cc[n+](C)cc2)c(C)c1. The van der Waals surface area contributed by atoms with Crippen LogP contribution in [0.3, 0.4) is 0 Å². The van der Waals surface area contributed by atoms with E-state index in [9.17, 15) is 4.79 Å². The van der Waals surface area contributed by atoms with Gasteiger partial charge in [0.1, 0.15) is 12.8 Å². The van der Waals surface area contributed by atoms with Gasteiger partial charge in [-0.05, 0) is 36.6 Å². The van der Waals surface area contributed by atoms with E-state index >= 15 is 0 Å². The second-order valence-corrected chi connectivity index (χ2v) is 9.26. The Morgan fingerprint density at radius 3 is 2.00 bits per heavy atom. The zero-order chi connectivity index (χ0) is 23.7. The van der Waals surface area contributed by atoms with Gasteiger partial charge in [-0.3, -0.25) is 4.79 Å². The zero-order valence-corrected chi connectivity index (χ0v) is 21.2. The average Bonchev–Trinajstić information content (AvgIpc) is 2.81. The summed E-state index contributed by atoms with van der Waals surface area (Å²) in [5, 5.41) is 3.00. The fourth-order valence-corrected chi connectivity index (χ4v) is 4.02. The lowest BCUT2D eigenvalue weighted by atomic mass is 10.1. The number of pyridine rings is 1. The predicted octanol–water partition coefficient (Wildman–Crippen LogP) is 6.83. The van der Waals surface area contributed by atoms with Gasteiger partial charge >= 0.3 is 0 Å². The number of aromatic nitrogens is 1. The van der Waals surface area contributed by atoms with Gasteiger partial charge in [0.05, 0.1) is 12.2 Å². The molecule has 4 heteroatoms. The molecule has 0 aliphatic carbocycles. The van der Waals surface area contributed by atoms with Crippen molar-refractivity contribution in [3.05, 3.63) is 59.4 Å². The topological polar surface area (TPSA) is 42.2 Å². The number of hydrogen-bond donors (Lipinski definition) is 1. The Morgan fingerprint density at radius 1 is 0.848 bits per heavy atom. The molecule has 0 radical (unpaired) electrons. The van der Waals surface area contributed by atoms with Crippen molar-refractivity contribution in [3.63, 3.8) is 0 Å². The minimum Gasteiger partial charge on any atom is -0.494 e. The molecule has 33 heavy (non-hydrogen) atoms. The summed E-state index contributed by atoms with van der Waals surface area (Å²) in [6.45, 7) is 5.64. The molecule has 0 saturated heterocycles. The monoisotopic (exact) mass is 453 g/mol. The summed E-state index contributed by atoms with van der Waals surface area (Å²) in [6.07, 6.45) is 20.0. The molecule has 0 aliphatic rings. The standard InChI is InChI=1S/C29H44N2O2/c1-4-5-6-7-8-9-10-11-12-13-14-15-22-33-28-17-16-27(25(2)23-28)24-30-29(32)26-18-20-31(3)21-19-26/h16-21,23H,4-15,22,24H2,1-3H3/p+1. The highest BCUT2D eigenvalue weighted by molar-refractivity contribution is 5.93. The number of amides is 1. The van der Waals surface area contributed by atoms with Gasteiger partial charge in [-0.25, -0.2) is 4.57 Å². The number of hydrogen-bond acceptors (Lipinski definition) is 2. The first-order valence-electron chi connectivity index (χ1n) is 13.1. The molecule has 0 spiro atoms. The smallest absolute Gasteiger partial charge is 0.252 e. The predicted molar refractivity (Wildman–Crippen MR) is 137 cm³/mol. The first-order chi connectivity index (χ1) is 16.1. The molecule has 1 heterocycles. The Morgan fingerprint density at radius 2 is 1.42 bits per heavy atom. The maximum atomic E-state index is 12.3. The molecule has 0 aliphatic heterocycles. The second kappa shape index (κ2) is 16.3. The Kier molecular flexibility index (Phi) is 13.3. The molecule has 2 rings (SSSR count). The molecule has 0 saturated carbocycles. The van der Waals surface area contributed by atoms with Crippen LogP contribution in [0.2, 0.25) is 0 Å². The number of benzene rings is 1. The summed E-state index contributed by atoms with van der Waals surface area (Å²) >= 11 is 0. The van der Waals surface area contributed by atoms with Gasteiger partial charge in [0, 0.05) is 18.7 Å². The van der Waals surface area contributed by atoms with E-state index in [1.54, 1.807) is 0 Å². The van der Waals surface area contributed by atoms with Crippen molar-refractivity contribution in [1.29, 1.82) is 0 Å². The van der Waals surface area contributed by atoms with Crippen LogP contribution in [0.5, 0.6) is 5.75 Å². The summed E-state index contributed by atoms with van der Waals surface area (Å²) in [6, 6.07) is 9.80. The highest BCUT2D eigenvalue weighted by Gasteiger charge is 2.08. The van der Waals surface area contributed by atoms with Crippen molar-refractivity contribution in [2.45, 2.75) is 97.4 Å². The zero-order valence-electron chi connectivity index (χ0n) is 21.2. The molecule has 182 valence electrons. The Balaban J connectivity index is 1.54. The van der Waals surface area contributed by atoms with E-state index in [1.807, 2.05) is 42.2 Å². The van der Waals surface area contributed by atoms with Crippen molar-refractivity contribution in [2.24, 2.45) is 7.05 Å². The molecule has 1 aromatic carbocycles. The van der Waals surface area contributed by atoms with E-state index < -0.39 is 0 Å². The van der Waals surface area contributed by atoms with Crippen LogP contribution in [0, 0.1) is 6.92 Å². The van der Waals surface area contributed by atoms with Gasteiger partial charge < -0.3 is 10.1 Å². The fraction of sp³-hybridized carbons (Fsp3) is 0.586. The normalized spacial score (nSPS) is 10.9. The minimum atomic E-state index is -0.0534. The van der Waals surface area contributed by atoms with E-state index in [4.69, 9.17) is 4.74 Å². The van der Waals surface area contributed by atoms with E-state index in [2.05, 4.69) is 31.3 Å². The van der Waals surface area contributed by atoms with E-state index in [1.165, 1.54) is 70.6 Å². The number of unbranched alkanes of at least 4 members (excludes halogenated alkanes) is 11. The summed E-state index contributed by atoms with van der Waals surface area (Å²) in [5.41, 5.74) is 2.93. The van der Waals surface area contributed by atoms with Crippen LogP contribution in [-0.4, -0.2) is 12.5 Å². The highest BCUT2D eigenvalue weighted by atomic mass is 16.5. The van der Waals surface area contributed by atoms with Gasteiger partial charge in [0.15, 0.2) is 12.4 Å². The quantitative estimate of drug-likeness (QED) is 0.211. The highest BCUT2D eigenvalue weighted by Crippen LogP contribution is 2.18. The minimum absolute atomic E-state index is 0.0534. The van der Waals surface area contributed by atoms with Crippen LogP contribution >= 0.6 is 0 Å². The third-order valence-electron chi connectivity index (χ3n) is 6.26. The Labute approximate surface area is 201 Å². The molecule has 1 amide bonds. The van der Waals surface area contributed by atoms with Gasteiger partial charge in [-0.1, -0.05) is 83.6 Å². The average molecular weight is 454 g/mol.